The van der Waals surface area contributed by atoms with Crippen molar-refractivity contribution >= 4 is 37.9 Å². The minimum atomic E-state index is 0.431. The minimum absolute atomic E-state index is 0.431. The van der Waals surface area contributed by atoms with E-state index in [1.54, 1.807) is 0 Å². The second-order valence-corrected chi connectivity index (χ2v) is 7.28. The number of hydrogen-bond acceptors (Lipinski definition) is 5. The van der Waals surface area contributed by atoms with E-state index in [1.165, 1.54) is 0 Å². The van der Waals surface area contributed by atoms with Gasteiger partial charge in [-0.25, -0.2) is 0 Å². The Labute approximate surface area is 142 Å². The normalized spacial score (nSPS) is 16.1. The Morgan fingerprint density at radius 3 is 1.20 bits per heavy atom. The van der Waals surface area contributed by atoms with E-state index in [9.17, 15) is 0 Å². The highest BCUT2D eigenvalue weighted by Crippen LogP contribution is 2.20. The molecule has 0 aromatic heterocycles. The predicted octanol–water partition coefficient (Wildman–Crippen LogP) is 4.30. The van der Waals surface area contributed by atoms with Crippen molar-refractivity contribution in [1.82, 2.24) is 0 Å². The largest absolute Gasteiger partial charge is 0.382 e. The lowest BCUT2D eigenvalue weighted by Gasteiger charge is -2.16. The molecule has 0 saturated carbocycles. The fourth-order valence-corrected chi connectivity index (χ4v) is 2.74. The van der Waals surface area contributed by atoms with Crippen LogP contribution in [0.25, 0.3) is 0 Å². The predicted molar refractivity (Wildman–Crippen MR) is 99.0 cm³/mol. The van der Waals surface area contributed by atoms with E-state index in [0.29, 0.717) is 15.7 Å². The Balaban J connectivity index is 3.49. The summed E-state index contributed by atoms with van der Waals surface area (Å²) >= 11 is 13.9. The molecule has 5 heteroatoms. The second-order valence-electron chi connectivity index (χ2n) is 5.09. The van der Waals surface area contributed by atoms with Crippen LogP contribution in [0.2, 0.25) is 0 Å². The summed E-state index contributed by atoms with van der Waals surface area (Å²) in [6, 6.07) is 0. The van der Waals surface area contributed by atoms with Gasteiger partial charge < -0.3 is 9.47 Å². The molecule has 0 spiro atoms. The molecule has 0 radical (unpaired) electrons. The van der Waals surface area contributed by atoms with E-state index < -0.39 is 0 Å². The average molecular weight is 341 g/mol. The molecular weight excluding hydrogens is 308 g/mol. The van der Waals surface area contributed by atoms with Gasteiger partial charge >= 0.3 is 0 Å². The third-order valence-corrected chi connectivity index (χ3v) is 4.81. The van der Waals surface area contributed by atoms with Crippen molar-refractivity contribution in [2.75, 3.05) is 26.4 Å². The van der Waals surface area contributed by atoms with Gasteiger partial charge in [0.1, 0.15) is 0 Å². The second kappa shape index (κ2) is 14.9. The van der Waals surface area contributed by atoms with Crippen LogP contribution in [-0.2, 0) is 9.47 Å². The number of rotatable bonds is 14. The Kier molecular flexibility index (Phi) is 15.6. The smallest absolute Gasteiger partial charge is 0.0476 e. The van der Waals surface area contributed by atoms with Crippen LogP contribution in [-0.4, -0.2) is 42.2 Å². The van der Waals surface area contributed by atoms with Gasteiger partial charge in [-0.05, 0) is 52.4 Å². The van der Waals surface area contributed by atoms with Crippen LogP contribution in [0.3, 0.4) is 0 Å². The molecule has 0 bridgehead atoms. The summed E-state index contributed by atoms with van der Waals surface area (Å²) in [5, 5.41) is 1.32. The van der Waals surface area contributed by atoms with Crippen molar-refractivity contribution < 1.29 is 9.47 Å². The zero-order valence-electron chi connectivity index (χ0n) is 13.0. The average Bonchev–Trinajstić information content (AvgIpc) is 2.43. The summed E-state index contributed by atoms with van der Waals surface area (Å²) in [5.41, 5.74) is 0. The van der Waals surface area contributed by atoms with E-state index >= 15 is 0 Å². The lowest BCUT2D eigenvalue weighted by atomic mass is 10.1. The van der Waals surface area contributed by atoms with Crippen LogP contribution >= 0.6 is 37.9 Å². The van der Waals surface area contributed by atoms with Crippen molar-refractivity contribution in [3.8, 4) is 0 Å². The Bertz CT molecular complexity index is 186. The molecule has 0 N–H and O–H groups in total. The van der Waals surface area contributed by atoms with Gasteiger partial charge in [0.05, 0.1) is 0 Å². The number of ether oxygens (including phenoxy) is 2. The summed E-state index contributed by atoms with van der Waals surface area (Å²) in [6.07, 6.45) is 6.52. The maximum atomic E-state index is 5.35. The van der Waals surface area contributed by atoms with Gasteiger partial charge in [0, 0.05) is 42.2 Å². The first-order valence-electron chi connectivity index (χ1n) is 7.79. The first kappa shape index (κ1) is 21.0. The van der Waals surface area contributed by atoms with Crippen molar-refractivity contribution in [3.63, 3.8) is 0 Å². The topological polar surface area (TPSA) is 18.5 Å². The molecule has 0 fully saturated rings. The Hall–Kier alpha value is 0.970. The highest BCUT2D eigenvalue weighted by Gasteiger charge is 2.10. The molecule has 0 aromatic rings. The van der Waals surface area contributed by atoms with Gasteiger partial charge in [-0.15, -0.1) is 0 Å². The van der Waals surface area contributed by atoms with E-state index in [0.717, 1.165) is 65.0 Å². The molecule has 0 aliphatic rings. The number of thiol groups is 3. The van der Waals surface area contributed by atoms with Gasteiger partial charge in [0.15, 0.2) is 0 Å². The molecule has 0 aromatic carbocycles. The molecule has 0 aliphatic heterocycles. The molecule has 20 heavy (non-hydrogen) atoms. The highest BCUT2D eigenvalue weighted by molar-refractivity contribution is 7.81. The van der Waals surface area contributed by atoms with E-state index in [2.05, 4.69) is 37.9 Å². The number of hydrogen-bond donors (Lipinski definition) is 3. The highest BCUT2D eigenvalue weighted by atomic mass is 32.1. The maximum Gasteiger partial charge on any atom is 0.0476 e. The van der Waals surface area contributed by atoms with E-state index in [1.807, 2.05) is 13.8 Å². The van der Waals surface area contributed by atoms with Crippen molar-refractivity contribution in [1.29, 1.82) is 0 Å². The monoisotopic (exact) mass is 340 g/mol. The summed E-state index contributed by atoms with van der Waals surface area (Å²) in [7, 11) is 0. The molecule has 0 saturated heterocycles. The first-order chi connectivity index (χ1) is 9.60. The van der Waals surface area contributed by atoms with Crippen molar-refractivity contribution in [2.45, 2.75) is 68.1 Å². The molecule has 122 valence electrons. The van der Waals surface area contributed by atoms with E-state index in [-0.39, 0.29) is 0 Å². The summed E-state index contributed by atoms with van der Waals surface area (Å²) < 4.78 is 10.7. The SMILES string of the molecule is CCOCCC(S)CCC(S)CCC(S)CCOCC. The third kappa shape index (κ3) is 13.9. The minimum Gasteiger partial charge on any atom is -0.382 e. The summed E-state index contributed by atoms with van der Waals surface area (Å²) in [5.74, 6) is 0. The van der Waals surface area contributed by atoms with Crippen LogP contribution < -0.4 is 0 Å². The van der Waals surface area contributed by atoms with Crippen LogP contribution in [0.4, 0.5) is 0 Å². The fraction of sp³-hybridized carbons (Fsp3) is 1.00. The summed E-state index contributed by atoms with van der Waals surface area (Å²) in [4.78, 5) is 0. The lowest BCUT2D eigenvalue weighted by Crippen LogP contribution is -2.11. The molecule has 2 unspecified atom stereocenters. The van der Waals surface area contributed by atoms with E-state index in [4.69, 9.17) is 9.47 Å². The standard InChI is InChI=1S/C15H32O2S3/c1-3-16-11-9-14(19)7-5-13(18)6-8-15(20)10-12-17-4-2/h13-15,18-20H,3-12H2,1-2H3. The van der Waals surface area contributed by atoms with Crippen LogP contribution in [0.5, 0.6) is 0 Å². The van der Waals surface area contributed by atoms with Crippen molar-refractivity contribution in [2.24, 2.45) is 0 Å². The zero-order valence-corrected chi connectivity index (χ0v) is 15.6. The van der Waals surface area contributed by atoms with Gasteiger partial charge in [0.25, 0.3) is 0 Å². The molecule has 2 atom stereocenters. The lowest BCUT2D eigenvalue weighted by molar-refractivity contribution is 0.144. The quantitative estimate of drug-likeness (QED) is 0.323. The zero-order chi connectivity index (χ0) is 15.2. The molecule has 2 nitrogen and oxygen atoms in total. The Morgan fingerprint density at radius 2 is 0.900 bits per heavy atom. The van der Waals surface area contributed by atoms with Crippen LogP contribution in [0.1, 0.15) is 52.4 Å². The van der Waals surface area contributed by atoms with Gasteiger partial charge in [-0.1, -0.05) is 0 Å². The third-order valence-electron chi connectivity index (χ3n) is 3.27. The van der Waals surface area contributed by atoms with Gasteiger partial charge in [0.2, 0.25) is 0 Å². The van der Waals surface area contributed by atoms with Gasteiger partial charge in [-0.3, -0.25) is 0 Å². The Morgan fingerprint density at radius 1 is 0.600 bits per heavy atom. The van der Waals surface area contributed by atoms with Crippen LogP contribution in [0.15, 0.2) is 0 Å². The molecular formula is C15H32O2S3. The molecule has 0 heterocycles. The fourth-order valence-electron chi connectivity index (χ4n) is 1.93. The van der Waals surface area contributed by atoms with Crippen LogP contribution in [0, 0.1) is 0 Å². The summed E-state index contributed by atoms with van der Waals surface area (Å²) in [6.45, 7) is 7.27. The van der Waals surface area contributed by atoms with Gasteiger partial charge in [-0.2, -0.15) is 37.9 Å². The molecule has 0 rings (SSSR count). The maximum absolute atomic E-state index is 5.35. The molecule has 0 amide bonds. The molecule has 0 aliphatic carbocycles. The first-order valence-corrected chi connectivity index (χ1v) is 9.34. The van der Waals surface area contributed by atoms with Crippen molar-refractivity contribution in [3.05, 3.63) is 0 Å².